The van der Waals surface area contributed by atoms with E-state index in [0.717, 1.165) is 26.2 Å². The van der Waals surface area contributed by atoms with E-state index in [2.05, 4.69) is 67.8 Å². The van der Waals surface area contributed by atoms with Crippen LogP contribution in [-0.4, -0.2) is 42.5 Å². The number of hydrogen-bond donors (Lipinski definition) is 0. The summed E-state index contributed by atoms with van der Waals surface area (Å²) in [4.78, 5) is 0. The van der Waals surface area contributed by atoms with Crippen molar-refractivity contribution in [2.24, 2.45) is 0 Å². The highest BCUT2D eigenvalue weighted by atomic mass is 32.2. The Labute approximate surface area is 110 Å². The molecule has 0 aromatic carbocycles. The lowest BCUT2D eigenvalue weighted by Gasteiger charge is -2.20. The summed E-state index contributed by atoms with van der Waals surface area (Å²) in [5, 5.41) is 4.75. The van der Waals surface area contributed by atoms with Crippen molar-refractivity contribution in [1.82, 2.24) is 0 Å². The zero-order chi connectivity index (χ0) is 10.6. The first kappa shape index (κ1) is 11.5. The Kier molecular flexibility index (Phi) is 3.03. The van der Waals surface area contributed by atoms with Gasteiger partial charge in [0.05, 0.1) is 0 Å². The zero-order valence-corrected chi connectivity index (χ0v) is 12.7. The molecule has 0 aromatic rings. The summed E-state index contributed by atoms with van der Waals surface area (Å²) in [6, 6.07) is 0. The smallest absolute Gasteiger partial charge is 0.0352 e. The highest BCUT2D eigenvalue weighted by molar-refractivity contribution is 8.13. The number of rotatable bonds is 5. The van der Waals surface area contributed by atoms with E-state index in [1.54, 1.807) is 0 Å². The molecule has 6 unspecified atom stereocenters. The van der Waals surface area contributed by atoms with Gasteiger partial charge in [-0.05, 0) is 6.92 Å². The first-order valence-corrected chi connectivity index (χ1v) is 9.59. The van der Waals surface area contributed by atoms with Crippen molar-refractivity contribution in [3.63, 3.8) is 0 Å². The van der Waals surface area contributed by atoms with Gasteiger partial charge in [-0.25, -0.2) is 0 Å². The molecule has 0 spiro atoms. The molecular weight excluding hydrogens is 260 g/mol. The van der Waals surface area contributed by atoms with E-state index in [1.807, 2.05) is 0 Å². The number of hydrogen-bond acceptors (Lipinski definition) is 4. The molecule has 15 heavy (non-hydrogen) atoms. The van der Waals surface area contributed by atoms with Gasteiger partial charge in [0.25, 0.3) is 0 Å². The summed E-state index contributed by atoms with van der Waals surface area (Å²) in [5.41, 5.74) is 0. The normalized spacial score (nSPS) is 53.8. The van der Waals surface area contributed by atoms with E-state index in [0.29, 0.717) is 4.75 Å². The molecule has 3 heterocycles. The standard InChI is InChI=1S/C11H18S4/c1-6-8(14-6)4-12-10(9-7(2)15-9)11(3)5-13-11/h6-10H,4-5H2,1-3H3. The molecule has 0 saturated carbocycles. The predicted octanol–water partition coefficient (Wildman–Crippen LogP) is 3.60. The minimum absolute atomic E-state index is 0.635. The van der Waals surface area contributed by atoms with Gasteiger partial charge in [0.2, 0.25) is 0 Å². The maximum absolute atomic E-state index is 2.48. The Morgan fingerprint density at radius 2 is 1.93 bits per heavy atom. The molecule has 3 aliphatic heterocycles. The van der Waals surface area contributed by atoms with Crippen molar-refractivity contribution in [2.75, 3.05) is 11.5 Å². The molecule has 0 nitrogen and oxygen atoms in total. The van der Waals surface area contributed by atoms with Crippen LogP contribution < -0.4 is 0 Å². The van der Waals surface area contributed by atoms with Crippen molar-refractivity contribution in [3.05, 3.63) is 0 Å². The van der Waals surface area contributed by atoms with Crippen LogP contribution >= 0.6 is 47.0 Å². The topological polar surface area (TPSA) is 0 Å². The van der Waals surface area contributed by atoms with Gasteiger partial charge < -0.3 is 0 Å². The van der Waals surface area contributed by atoms with Crippen LogP contribution in [0.2, 0.25) is 0 Å². The molecule has 0 aromatic heterocycles. The Hall–Kier alpha value is 1.40. The van der Waals surface area contributed by atoms with Crippen molar-refractivity contribution >= 4 is 47.0 Å². The quantitative estimate of drug-likeness (QED) is 0.704. The molecule has 6 atom stereocenters. The van der Waals surface area contributed by atoms with Crippen molar-refractivity contribution in [3.8, 4) is 0 Å². The van der Waals surface area contributed by atoms with E-state index >= 15 is 0 Å². The largest absolute Gasteiger partial charge is 0.155 e. The predicted molar refractivity (Wildman–Crippen MR) is 78.8 cm³/mol. The van der Waals surface area contributed by atoms with Crippen LogP contribution in [0.4, 0.5) is 0 Å². The zero-order valence-electron chi connectivity index (χ0n) is 9.43. The first-order valence-electron chi connectivity index (χ1n) is 5.67. The fourth-order valence-corrected chi connectivity index (χ4v) is 7.65. The van der Waals surface area contributed by atoms with Crippen LogP contribution in [0.5, 0.6) is 0 Å². The highest BCUT2D eigenvalue weighted by Crippen LogP contribution is 2.60. The molecule has 86 valence electrons. The average molecular weight is 279 g/mol. The molecular formula is C11H18S4. The van der Waals surface area contributed by atoms with Gasteiger partial charge in [-0.15, -0.1) is 0 Å². The second-order valence-electron chi connectivity index (χ2n) is 5.04. The fourth-order valence-electron chi connectivity index (χ4n) is 2.02. The first-order chi connectivity index (χ1) is 7.10. The van der Waals surface area contributed by atoms with Gasteiger partial charge in [-0.2, -0.15) is 47.0 Å². The molecule has 3 fully saturated rings. The summed E-state index contributed by atoms with van der Waals surface area (Å²) in [7, 11) is 0. The summed E-state index contributed by atoms with van der Waals surface area (Å²) in [6.07, 6.45) is 0. The van der Waals surface area contributed by atoms with Crippen LogP contribution in [0.1, 0.15) is 20.8 Å². The van der Waals surface area contributed by atoms with Crippen molar-refractivity contribution < 1.29 is 0 Å². The average Bonchev–Trinajstić information content (AvgIpc) is 3.05. The second kappa shape index (κ2) is 3.96. The monoisotopic (exact) mass is 278 g/mol. The van der Waals surface area contributed by atoms with Crippen LogP contribution in [0.15, 0.2) is 0 Å². The van der Waals surface area contributed by atoms with Crippen LogP contribution in [0, 0.1) is 0 Å². The third-order valence-corrected chi connectivity index (χ3v) is 10.0. The maximum atomic E-state index is 2.48. The molecule has 3 rings (SSSR count). The number of thioether (sulfide) groups is 4. The fraction of sp³-hybridized carbons (Fsp3) is 1.00. The van der Waals surface area contributed by atoms with E-state index in [9.17, 15) is 0 Å². The molecule has 0 radical (unpaired) electrons. The van der Waals surface area contributed by atoms with Gasteiger partial charge in [0.1, 0.15) is 0 Å². The summed E-state index contributed by atoms with van der Waals surface area (Å²) in [6.45, 7) is 7.24. The third kappa shape index (κ3) is 2.48. The lowest BCUT2D eigenvalue weighted by molar-refractivity contribution is 0.719. The summed E-state index contributed by atoms with van der Waals surface area (Å²) in [5.74, 6) is 2.80. The molecule has 0 amide bonds. The van der Waals surface area contributed by atoms with Gasteiger partial charge in [-0.3, -0.25) is 0 Å². The minimum Gasteiger partial charge on any atom is -0.155 e. The lowest BCUT2D eigenvalue weighted by atomic mass is 10.1. The van der Waals surface area contributed by atoms with Gasteiger partial charge in [0.15, 0.2) is 0 Å². The molecule has 4 heteroatoms. The SMILES string of the molecule is CC1SC1CSC(C1SC1C)C1(C)CS1. The van der Waals surface area contributed by atoms with Gasteiger partial charge >= 0.3 is 0 Å². The minimum atomic E-state index is 0.635. The van der Waals surface area contributed by atoms with E-state index in [1.165, 1.54) is 11.5 Å². The van der Waals surface area contributed by atoms with Crippen LogP contribution in [-0.2, 0) is 0 Å². The maximum Gasteiger partial charge on any atom is 0.0352 e. The van der Waals surface area contributed by atoms with Crippen LogP contribution in [0.25, 0.3) is 0 Å². The van der Waals surface area contributed by atoms with Crippen molar-refractivity contribution in [2.45, 2.75) is 51.8 Å². The lowest BCUT2D eigenvalue weighted by Crippen LogP contribution is -2.29. The Morgan fingerprint density at radius 3 is 2.33 bits per heavy atom. The Morgan fingerprint density at radius 1 is 1.33 bits per heavy atom. The molecule has 0 bridgehead atoms. The second-order valence-corrected chi connectivity index (χ2v) is 10.9. The van der Waals surface area contributed by atoms with Gasteiger partial charge in [-0.1, -0.05) is 13.8 Å². The van der Waals surface area contributed by atoms with E-state index < -0.39 is 0 Å². The van der Waals surface area contributed by atoms with Crippen molar-refractivity contribution in [1.29, 1.82) is 0 Å². The third-order valence-electron chi connectivity index (χ3n) is 3.53. The Bertz CT molecular complexity index is 263. The van der Waals surface area contributed by atoms with E-state index in [4.69, 9.17) is 0 Å². The molecule has 3 saturated heterocycles. The molecule has 0 aliphatic carbocycles. The van der Waals surface area contributed by atoms with E-state index in [-0.39, 0.29) is 0 Å². The van der Waals surface area contributed by atoms with Crippen LogP contribution in [0.3, 0.4) is 0 Å². The molecule has 3 aliphatic rings. The highest BCUT2D eigenvalue weighted by Gasteiger charge is 2.56. The van der Waals surface area contributed by atoms with Gasteiger partial charge in [0, 0.05) is 42.5 Å². The molecule has 0 N–H and O–H groups in total. The summed E-state index contributed by atoms with van der Waals surface area (Å²) >= 11 is 8.82. The summed E-state index contributed by atoms with van der Waals surface area (Å²) < 4.78 is 0.635. The Balaban J connectivity index is 1.54.